The predicted octanol–water partition coefficient (Wildman–Crippen LogP) is 2.45. The lowest BCUT2D eigenvalue weighted by atomic mass is 10.1. The minimum Gasteiger partial charge on any atom is -0.378 e. The van der Waals surface area contributed by atoms with Gasteiger partial charge in [-0.05, 0) is 29.8 Å². The van der Waals surface area contributed by atoms with Crippen LogP contribution in [-0.4, -0.2) is 20.7 Å². The van der Waals surface area contributed by atoms with E-state index in [9.17, 15) is 5.11 Å². The van der Waals surface area contributed by atoms with Gasteiger partial charge in [-0.15, -0.1) is 0 Å². The zero-order valence-electron chi connectivity index (χ0n) is 9.00. The van der Waals surface area contributed by atoms with Gasteiger partial charge in [-0.25, -0.2) is 0 Å². The molecule has 2 aromatic rings. The molecule has 0 radical (unpaired) electrons. The van der Waals surface area contributed by atoms with Gasteiger partial charge in [0.15, 0.2) is 0 Å². The summed E-state index contributed by atoms with van der Waals surface area (Å²) in [4.78, 5) is 7.15. The first-order valence-electron chi connectivity index (χ1n) is 4.83. The highest BCUT2D eigenvalue weighted by atomic mass is 79.9. The van der Waals surface area contributed by atoms with E-state index in [0.29, 0.717) is 0 Å². The van der Waals surface area contributed by atoms with Gasteiger partial charge in [0.25, 0.3) is 0 Å². The van der Waals surface area contributed by atoms with Crippen molar-refractivity contribution in [3.8, 4) is 11.8 Å². The van der Waals surface area contributed by atoms with E-state index in [4.69, 9.17) is 0 Å². The number of aliphatic hydroxyl groups is 1. The third kappa shape index (κ3) is 2.26. The highest BCUT2D eigenvalue weighted by molar-refractivity contribution is 9.10. The Morgan fingerprint density at radius 3 is 2.88 bits per heavy atom. The Bertz CT molecular complexity index is 584. The summed E-state index contributed by atoms with van der Waals surface area (Å²) in [6, 6.07) is 0. The number of H-pyrrole nitrogens is 1. The Morgan fingerprint density at radius 1 is 1.44 bits per heavy atom. The van der Waals surface area contributed by atoms with Crippen molar-refractivity contribution in [1.29, 1.82) is 0 Å². The zero-order valence-corrected chi connectivity index (χ0v) is 10.6. The number of nitrogens with zero attached hydrogens (tertiary/aromatic N) is 1. The van der Waals surface area contributed by atoms with E-state index in [1.54, 1.807) is 26.2 Å². The molecule has 2 heterocycles. The van der Waals surface area contributed by atoms with Crippen molar-refractivity contribution in [1.82, 2.24) is 9.97 Å². The average molecular weight is 279 g/mol. The Labute approximate surface area is 102 Å². The van der Waals surface area contributed by atoms with Crippen molar-refractivity contribution in [2.45, 2.75) is 19.4 Å². The third-order valence-corrected chi connectivity index (χ3v) is 2.65. The monoisotopic (exact) mass is 278 g/mol. The number of nitrogens with one attached hydrogen (secondary N) is 1. The summed E-state index contributed by atoms with van der Waals surface area (Å²) in [5.74, 6) is 5.75. The second kappa shape index (κ2) is 3.93. The van der Waals surface area contributed by atoms with E-state index in [2.05, 4.69) is 37.7 Å². The van der Waals surface area contributed by atoms with Crippen LogP contribution in [0.3, 0.4) is 0 Å². The molecule has 3 nitrogen and oxygen atoms in total. The summed E-state index contributed by atoms with van der Waals surface area (Å²) in [6.45, 7) is 3.32. The summed E-state index contributed by atoms with van der Waals surface area (Å²) in [5.41, 5.74) is 0.796. The normalized spacial score (nSPS) is 11.2. The smallest absolute Gasteiger partial charge is 0.120 e. The fourth-order valence-electron chi connectivity index (χ4n) is 1.36. The fourth-order valence-corrected chi connectivity index (χ4v) is 1.90. The van der Waals surface area contributed by atoms with Gasteiger partial charge in [0.1, 0.15) is 5.60 Å². The molecular weight excluding hydrogens is 268 g/mol. The lowest BCUT2D eigenvalue weighted by Crippen LogP contribution is -2.14. The molecular formula is C12H11BrN2O. The van der Waals surface area contributed by atoms with Crippen LogP contribution in [0.1, 0.15) is 19.4 Å². The van der Waals surface area contributed by atoms with Gasteiger partial charge in [0.2, 0.25) is 0 Å². The van der Waals surface area contributed by atoms with Gasteiger partial charge in [-0.2, -0.15) is 0 Å². The number of hydrogen-bond acceptors (Lipinski definition) is 2. The number of fused-ring (bicyclic) bond motifs is 1. The van der Waals surface area contributed by atoms with Crippen molar-refractivity contribution in [3.63, 3.8) is 0 Å². The molecule has 0 saturated carbocycles. The summed E-state index contributed by atoms with van der Waals surface area (Å²) < 4.78 is 0.895. The van der Waals surface area contributed by atoms with Crippen LogP contribution in [0.25, 0.3) is 10.9 Å². The predicted molar refractivity (Wildman–Crippen MR) is 67.0 cm³/mol. The van der Waals surface area contributed by atoms with Gasteiger partial charge in [-0.3, -0.25) is 4.98 Å². The van der Waals surface area contributed by atoms with Crippen molar-refractivity contribution >= 4 is 26.8 Å². The van der Waals surface area contributed by atoms with Crippen LogP contribution in [0, 0.1) is 11.8 Å². The Morgan fingerprint density at radius 2 is 2.19 bits per heavy atom. The lowest BCUT2D eigenvalue weighted by Gasteiger charge is -2.05. The Kier molecular flexibility index (Phi) is 2.75. The van der Waals surface area contributed by atoms with E-state index in [-0.39, 0.29) is 0 Å². The maximum absolute atomic E-state index is 9.55. The number of halogens is 1. The summed E-state index contributed by atoms with van der Waals surface area (Å²) in [7, 11) is 0. The molecule has 0 fully saturated rings. The molecule has 0 amide bonds. The van der Waals surface area contributed by atoms with Crippen LogP contribution in [0.5, 0.6) is 0 Å². The van der Waals surface area contributed by atoms with E-state index < -0.39 is 5.60 Å². The number of aromatic amines is 1. The molecule has 0 aromatic carbocycles. The van der Waals surface area contributed by atoms with Gasteiger partial charge < -0.3 is 10.1 Å². The molecule has 0 saturated heterocycles. The largest absolute Gasteiger partial charge is 0.378 e. The summed E-state index contributed by atoms with van der Waals surface area (Å²) in [5, 5.41) is 10.5. The molecule has 2 rings (SSSR count). The van der Waals surface area contributed by atoms with Crippen LogP contribution in [-0.2, 0) is 0 Å². The maximum Gasteiger partial charge on any atom is 0.120 e. The highest BCUT2D eigenvalue weighted by Gasteiger charge is 2.08. The second-order valence-corrected chi connectivity index (χ2v) is 4.91. The van der Waals surface area contributed by atoms with Crippen LogP contribution in [0.15, 0.2) is 23.1 Å². The molecule has 0 spiro atoms. The first-order chi connectivity index (χ1) is 7.47. The standard InChI is InChI=1S/C12H11BrN2O/c1-12(2,16)4-3-8-5-15-10-7-14-6-9(13)11(8)10/h5-7,15-16H,1-2H3. The molecule has 2 aromatic heterocycles. The average Bonchev–Trinajstić information content (AvgIpc) is 2.58. The summed E-state index contributed by atoms with van der Waals surface area (Å²) in [6.07, 6.45) is 5.29. The van der Waals surface area contributed by atoms with Gasteiger partial charge in [-0.1, -0.05) is 11.8 Å². The Balaban J connectivity index is 2.57. The van der Waals surface area contributed by atoms with Gasteiger partial charge >= 0.3 is 0 Å². The molecule has 0 aliphatic heterocycles. The number of pyridine rings is 1. The zero-order chi connectivity index (χ0) is 11.8. The van der Waals surface area contributed by atoms with Crippen molar-refractivity contribution < 1.29 is 5.11 Å². The maximum atomic E-state index is 9.55. The summed E-state index contributed by atoms with van der Waals surface area (Å²) >= 11 is 3.43. The minimum absolute atomic E-state index is 0.853. The first-order valence-corrected chi connectivity index (χ1v) is 5.63. The molecule has 4 heteroatoms. The van der Waals surface area contributed by atoms with Gasteiger partial charge in [0.05, 0.1) is 17.3 Å². The van der Waals surface area contributed by atoms with Crippen molar-refractivity contribution in [2.75, 3.05) is 0 Å². The number of hydrogen-bond donors (Lipinski definition) is 2. The number of aromatic nitrogens is 2. The van der Waals surface area contributed by atoms with Crippen LogP contribution in [0.4, 0.5) is 0 Å². The molecule has 0 aliphatic rings. The molecule has 0 bridgehead atoms. The molecule has 0 aliphatic carbocycles. The number of rotatable bonds is 0. The molecule has 0 unspecified atom stereocenters. The fraction of sp³-hybridized carbons (Fsp3) is 0.250. The van der Waals surface area contributed by atoms with Crippen LogP contribution >= 0.6 is 15.9 Å². The quantitative estimate of drug-likeness (QED) is 0.728. The van der Waals surface area contributed by atoms with Crippen molar-refractivity contribution in [3.05, 3.63) is 28.6 Å². The van der Waals surface area contributed by atoms with Gasteiger partial charge in [0, 0.05) is 22.3 Å². The second-order valence-electron chi connectivity index (χ2n) is 4.06. The van der Waals surface area contributed by atoms with E-state index in [1.165, 1.54) is 0 Å². The van der Waals surface area contributed by atoms with E-state index in [1.807, 2.05) is 6.20 Å². The molecule has 2 N–H and O–H groups in total. The SMILES string of the molecule is CC(C)(O)C#Cc1c[nH]c2cncc(Br)c12. The third-order valence-electron chi connectivity index (χ3n) is 2.04. The van der Waals surface area contributed by atoms with Crippen molar-refractivity contribution in [2.24, 2.45) is 0 Å². The van der Waals surface area contributed by atoms with Crippen LogP contribution in [0.2, 0.25) is 0 Å². The molecule has 0 atom stereocenters. The first kappa shape index (κ1) is 11.2. The lowest BCUT2D eigenvalue weighted by molar-refractivity contribution is 0.143. The Hall–Kier alpha value is -1.31. The van der Waals surface area contributed by atoms with E-state index >= 15 is 0 Å². The topological polar surface area (TPSA) is 48.9 Å². The highest BCUT2D eigenvalue weighted by Crippen LogP contribution is 2.25. The van der Waals surface area contributed by atoms with Crippen LogP contribution < -0.4 is 0 Å². The van der Waals surface area contributed by atoms with E-state index in [0.717, 1.165) is 20.9 Å². The molecule has 82 valence electrons. The minimum atomic E-state index is -0.983. The molecule has 16 heavy (non-hydrogen) atoms.